The molecule has 126 valence electrons. The zero-order valence-corrected chi connectivity index (χ0v) is 14.3. The van der Waals surface area contributed by atoms with Crippen molar-refractivity contribution in [3.8, 4) is 5.88 Å². The number of nitrogens with zero attached hydrogens (tertiary/aromatic N) is 2. The second-order valence-electron chi connectivity index (χ2n) is 6.56. The first-order valence-corrected chi connectivity index (χ1v) is 7.92. The molecule has 0 aliphatic carbocycles. The zero-order chi connectivity index (χ0) is 17.2. The van der Waals surface area contributed by atoms with E-state index in [2.05, 4.69) is 4.98 Å². The van der Waals surface area contributed by atoms with Gasteiger partial charge < -0.3 is 14.7 Å². The number of carboxylic acids is 1. The molecule has 0 radical (unpaired) electrons. The zero-order valence-electron chi connectivity index (χ0n) is 13.5. The van der Waals surface area contributed by atoms with Gasteiger partial charge in [-0.1, -0.05) is 25.4 Å². The van der Waals surface area contributed by atoms with Crippen molar-refractivity contribution in [1.82, 2.24) is 9.88 Å². The van der Waals surface area contributed by atoms with E-state index >= 15 is 0 Å². The summed E-state index contributed by atoms with van der Waals surface area (Å²) in [5.74, 6) is -0.512. The quantitative estimate of drug-likeness (QED) is 0.891. The number of hydrogen-bond donors (Lipinski definition) is 1. The maximum atomic E-state index is 12.5. The Hall–Kier alpha value is -1.82. The number of pyridine rings is 1. The van der Waals surface area contributed by atoms with E-state index in [9.17, 15) is 14.7 Å². The molecular formula is C16H21ClN2O4. The number of likely N-dealkylation sites (tertiary alicyclic amines) is 1. The number of amides is 1. The Labute approximate surface area is 140 Å². The van der Waals surface area contributed by atoms with Crippen molar-refractivity contribution in [2.24, 2.45) is 11.3 Å². The van der Waals surface area contributed by atoms with Crippen molar-refractivity contribution >= 4 is 23.5 Å². The lowest BCUT2D eigenvalue weighted by Gasteiger charge is -2.20. The molecule has 0 bridgehead atoms. The van der Waals surface area contributed by atoms with Gasteiger partial charge in [-0.15, -0.1) is 0 Å². The summed E-state index contributed by atoms with van der Waals surface area (Å²) in [4.78, 5) is 29.4. The van der Waals surface area contributed by atoms with Crippen LogP contribution in [-0.4, -0.2) is 46.6 Å². The highest BCUT2D eigenvalue weighted by Gasteiger charge is 2.42. The van der Waals surface area contributed by atoms with Gasteiger partial charge in [0.05, 0.1) is 17.6 Å². The third-order valence-electron chi connectivity index (χ3n) is 3.88. The number of rotatable bonds is 5. The molecule has 0 aromatic carbocycles. The monoisotopic (exact) mass is 340 g/mol. The van der Waals surface area contributed by atoms with E-state index in [1.165, 1.54) is 17.2 Å². The number of halogens is 1. The SMILES string of the molecule is CC(C)COc1ncc(C(=O)N2CCC(C)(C(=O)O)C2)cc1Cl. The molecule has 1 aliphatic rings. The highest BCUT2D eigenvalue weighted by Crippen LogP contribution is 2.31. The summed E-state index contributed by atoms with van der Waals surface area (Å²) < 4.78 is 5.48. The Morgan fingerprint density at radius 2 is 2.22 bits per heavy atom. The summed E-state index contributed by atoms with van der Waals surface area (Å²) in [6.07, 6.45) is 1.85. The van der Waals surface area contributed by atoms with Gasteiger partial charge in [-0.3, -0.25) is 9.59 Å². The minimum atomic E-state index is -0.896. The van der Waals surface area contributed by atoms with E-state index in [0.717, 1.165) is 0 Å². The van der Waals surface area contributed by atoms with Crippen LogP contribution in [0.2, 0.25) is 5.02 Å². The fourth-order valence-corrected chi connectivity index (χ4v) is 2.61. The molecule has 1 fully saturated rings. The largest absolute Gasteiger partial charge is 0.481 e. The van der Waals surface area contributed by atoms with Crippen molar-refractivity contribution in [2.45, 2.75) is 27.2 Å². The molecule has 1 N–H and O–H groups in total. The number of carboxylic acid groups (broad SMARTS) is 1. The second-order valence-corrected chi connectivity index (χ2v) is 6.97. The standard InChI is InChI=1S/C16H21ClN2O4/c1-10(2)8-23-13-12(17)6-11(7-18-13)14(20)19-5-4-16(3,9-19)15(21)22/h6-7,10H,4-5,8-9H2,1-3H3,(H,21,22). The Kier molecular flexibility index (Phi) is 5.14. The van der Waals surface area contributed by atoms with Crippen LogP contribution in [0.1, 0.15) is 37.6 Å². The molecule has 23 heavy (non-hydrogen) atoms. The van der Waals surface area contributed by atoms with Crippen molar-refractivity contribution in [2.75, 3.05) is 19.7 Å². The molecule has 2 rings (SSSR count). The van der Waals surface area contributed by atoms with Crippen LogP contribution in [0.5, 0.6) is 5.88 Å². The maximum Gasteiger partial charge on any atom is 0.311 e. The lowest BCUT2D eigenvalue weighted by molar-refractivity contribution is -0.147. The third-order valence-corrected chi connectivity index (χ3v) is 4.16. The Bertz CT molecular complexity index is 620. The summed E-state index contributed by atoms with van der Waals surface area (Å²) in [6.45, 7) is 6.76. The summed E-state index contributed by atoms with van der Waals surface area (Å²) in [5.41, 5.74) is -0.561. The van der Waals surface area contributed by atoms with Gasteiger partial charge in [0.1, 0.15) is 5.02 Å². The first-order chi connectivity index (χ1) is 10.7. The van der Waals surface area contributed by atoms with Gasteiger partial charge in [-0.05, 0) is 25.3 Å². The average Bonchev–Trinajstić information content (AvgIpc) is 2.89. The predicted molar refractivity (Wildman–Crippen MR) is 85.8 cm³/mol. The van der Waals surface area contributed by atoms with Crippen LogP contribution in [0.25, 0.3) is 0 Å². The van der Waals surface area contributed by atoms with Gasteiger partial charge in [0.25, 0.3) is 5.91 Å². The van der Waals surface area contributed by atoms with E-state index < -0.39 is 11.4 Å². The summed E-state index contributed by atoms with van der Waals surface area (Å²) >= 11 is 6.12. The van der Waals surface area contributed by atoms with E-state index in [1.807, 2.05) is 13.8 Å². The molecule has 1 saturated heterocycles. The number of carbonyl (C=O) groups excluding carboxylic acids is 1. The third kappa shape index (κ3) is 3.93. The number of aliphatic carboxylic acids is 1. The molecular weight excluding hydrogens is 320 g/mol. The molecule has 0 saturated carbocycles. The van der Waals surface area contributed by atoms with Crippen LogP contribution in [0.4, 0.5) is 0 Å². The molecule has 1 atom stereocenters. The fourth-order valence-electron chi connectivity index (χ4n) is 2.39. The van der Waals surface area contributed by atoms with Gasteiger partial charge >= 0.3 is 5.97 Å². The summed E-state index contributed by atoms with van der Waals surface area (Å²) in [7, 11) is 0. The number of carbonyl (C=O) groups is 2. The number of hydrogen-bond acceptors (Lipinski definition) is 4. The highest BCUT2D eigenvalue weighted by molar-refractivity contribution is 6.32. The molecule has 1 unspecified atom stereocenters. The normalized spacial score (nSPS) is 20.8. The van der Waals surface area contributed by atoms with E-state index in [4.69, 9.17) is 16.3 Å². The molecule has 1 aromatic heterocycles. The lowest BCUT2D eigenvalue weighted by atomic mass is 9.90. The van der Waals surface area contributed by atoms with Gasteiger partial charge in [-0.2, -0.15) is 0 Å². The van der Waals surface area contributed by atoms with E-state index in [1.54, 1.807) is 6.92 Å². The Morgan fingerprint density at radius 3 is 2.74 bits per heavy atom. The smallest absolute Gasteiger partial charge is 0.311 e. The molecule has 1 aliphatic heterocycles. The average molecular weight is 341 g/mol. The topological polar surface area (TPSA) is 79.7 Å². The van der Waals surface area contributed by atoms with Crippen LogP contribution in [0, 0.1) is 11.3 Å². The minimum Gasteiger partial charge on any atom is -0.481 e. The molecule has 1 aromatic rings. The van der Waals surface area contributed by atoms with Crippen LogP contribution >= 0.6 is 11.6 Å². The summed E-state index contributed by atoms with van der Waals surface area (Å²) in [6, 6.07) is 1.52. The van der Waals surface area contributed by atoms with Crippen LogP contribution in [0.15, 0.2) is 12.3 Å². The van der Waals surface area contributed by atoms with Crippen LogP contribution in [-0.2, 0) is 4.79 Å². The fraction of sp³-hybridized carbons (Fsp3) is 0.562. The maximum absolute atomic E-state index is 12.5. The van der Waals surface area contributed by atoms with Crippen molar-refractivity contribution in [3.05, 3.63) is 22.8 Å². The van der Waals surface area contributed by atoms with Gasteiger partial charge in [-0.25, -0.2) is 4.98 Å². The molecule has 7 heteroatoms. The van der Waals surface area contributed by atoms with E-state index in [0.29, 0.717) is 36.9 Å². The van der Waals surface area contributed by atoms with Crippen LogP contribution in [0.3, 0.4) is 0 Å². The Morgan fingerprint density at radius 1 is 1.52 bits per heavy atom. The molecule has 1 amide bonds. The van der Waals surface area contributed by atoms with Gasteiger partial charge in [0, 0.05) is 19.3 Å². The second kappa shape index (κ2) is 6.74. The highest BCUT2D eigenvalue weighted by atomic mass is 35.5. The first-order valence-electron chi connectivity index (χ1n) is 7.54. The lowest BCUT2D eigenvalue weighted by Crippen LogP contribution is -2.34. The van der Waals surface area contributed by atoms with Crippen molar-refractivity contribution in [3.63, 3.8) is 0 Å². The predicted octanol–water partition coefficient (Wildman–Crippen LogP) is 2.71. The van der Waals surface area contributed by atoms with Crippen LogP contribution < -0.4 is 4.74 Å². The van der Waals surface area contributed by atoms with Gasteiger partial charge in [0.15, 0.2) is 0 Å². The van der Waals surface area contributed by atoms with Crippen molar-refractivity contribution < 1.29 is 19.4 Å². The number of ether oxygens (including phenoxy) is 1. The van der Waals surface area contributed by atoms with Gasteiger partial charge in [0.2, 0.25) is 5.88 Å². The minimum absolute atomic E-state index is 0.185. The Balaban J connectivity index is 2.09. The molecule has 0 spiro atoms. The molecule has 2 heterocycles. The molecule has 6 nitrogen and oxygen atoms in total. The first kappa shape index (κ1) is 17.5. The summed E-state index contributed by atoms with van der Waals surface area (Å²) in [5, 5.41) is 9.51. The van der Waals surface area contributed by atoms with Crippen molar-refractivity contribution in [1.29, 1.82) is 0 Å². The van der Waals surface area contributed by atoms with E-state index in [-0.39, 0.29) is 17.5 Å². The number of aromatic nitrogens is 1.